The maximum Gasteiger partial charge on any atom is 0.126 e. The van der Waals surface area contributed by atoms with Gasteiger partial charge in [0.05, 0.1) is 17.1 Å². The monoisotopic (exact) mass is 279 g/mol. The molecule has 16 heavy (non-hydrogen) atoms. The second kappa shape index (κ2) is 3.57. The van der Waals surface area contributed by atoms with Crippen molar-refractivity contribution in [2.75, 3.05) is 0 Å². The van der Waals surface area contributed by atoms with Crippen LogP contribution < -0.4 is 5.73 Å². The lowest BCUT2D eigenvalue weighted by Crippen LogP contribution is -2.12. The Morgan fingerprint density at radius 2 is 2.25 bits per heavy atom. The predicted octanol–water partition coefficient (Wildman–Crippen LogP) is 3.15. The van der Waals surface area contributed by atoms with Crippen molar-refractivity contribution in [1.82, 2.24) is 9.55 Å². The summed E-state index contributed by atoms with van der Waals surface area (Å²) in [5.41, 5.74) is 8.23. The Kier molecular flexibility index (Phi) is 2.30. The number of benzene rings is 1. The topological polar surface area (TPSA) is 43.8 Å². The maximum absolute atomic E-state index is 5.99. The molecule has 0 spiro atoms. The fourth-order valence-corrected chi connectivity index (χ4v) is 2.48. The summed E-state index contributed by atoms with van der Waals surface area (Å²) in [5, 5.41) is 0. The zero-order valence-electron chi connectivity index (χ0n) is 9.15. The van der Waals surface area contributed by atoms with Gasteiger partial charge in [-0.25, -0.2) is 4.98 Å². The van der Waals surface area contributed by atoms with Crippen LogP contribution in [0.5, 0.6) is 0 Å². The van der Waals surface area contributed by atoms with Crippen LogP contribution in [0.2, 0.25) is 0 Å². The molecule has 1 aliphatic rings. The number of hydrogen-bond acceptors (Lipinski definition) is 2. The normalized spacial score (nSPS) is 17.9. The second-order valence-electron chi connectivity index (χ2n) is 4.49. The SMILES string of the molecule is CC(N)c1nc2cc(Br)ccc2n1C1CC1. The molecule has 1 aromatic carbocycles. The molecule has 1 aromatic heterocycles. The summed E-state index contributed by atoms with van der Waals surface area (Å²) in [6.45, 7) is 2.00. The molecule has 0 amide bonds. The standard InChI is InChI=1S/C12H14BrN3/c1-7(14)12-15-10-6-8(13)2-5-11(10)16(12)9-3-4-9/h2,5-7,9H,3-4,14H2,1H3. The molecule has 4 heteroatoms. The van der Waals surface area contributed by atoms with Crippen molar-refractivity contribution >= 4 is 27.0 Å². The third-order valence-corrected chi connectivity index (χ3v) is 3.49. The Hall–Kier alpha value is -0.870. The third-order valence-electron chi connectivity index (χ3n) is 3.00. The molecule has 2 N–H and O–H groups in total. The van der Waals surface area contributed by atoms with Crippen LogP contribution in [0.4, 0.5) is 0 Å². The summed E-state index contributed by atoms with van der Waals surface area (Å²) < 4.78 is 3.38. The Morgan fingerprint density at radius 1 is 1.50 bits per heavy atom. The summed E-state index contributed by atoms with van der Waals surface area (Å²) in [5.74, 6) is 1.01. The van der Waals surface area contributed by atoms with Gasteiger partial charge in [-0.15, -0.1) is 0 Å². The molecular weight excluding hydrogens is 266 g/mol. The average molecular weight is 280 g/mol. The van der Waals surface area contributed by atoms with Crippen LogP contribution in [0.15, 0.2) is 22.7 Å². The molecule has 3 rings (SSSR count). The fourth-order valence-electron chi connectivity index (χ4n) is 2.13. The van der Waals surface area contributed by atoms with Gasteiger partial charge < -0.3 is 10.3 Å². The third kappa shape index (κ3) is 1.57. The van der Waals surface area contributed by atoms with Crippen molar-refractivity contribution in [3.8, 4) is 0 Å². The van der Waals surface area contributed by atoms with Gasteiger partial charge in [-0.05, 0) is 38.0 Å². The minimum Gasteiger partial charge on any atom is -0.324 e. The van der Waals surface area contributed by atoms with E-state index in [2.05, 4.69) is 43.7 Å². The van der Waals surface area contributed by atoms with Crippen LogP contribution >= 0.6 is 15.9 Å². The van der Waals surface area contributed by atoms with Crippen LogP contribution in [-0.4, -0.2) is 9.55 Å². The Morgan fingerprint density at radius 3 is 2.88 bits per heavy atom. The highest BCUT2D eigenvalue weighted by atomic mass is 79.9. The first-order chi connectivity index (χ1) is 7.66. The minimum atomic E-state index is -0.00762. The van der Waals surface area contributed by atoms with E-state index in [1.807, 2.05) is 6.92 Å². The molecule has 1 saturated carbocycles. The van der Waals surface area contributed by atoms with Gasteiger partial charge in [0.15, 0.2) is 0 Å². The van der Waals surface area contributed by atoms with Crippen molar-refractivity contribution in [3.63, 3.8) is 0 Å². The molecule has 0 bridgehead atoms. The van der Waals surface area contributed by atoms with E-state index in [1.165, 1.54) is 18.4 Å². The molecule has 2 aromatic rings. The van der Waals surface area contributed by atoms with Gasteiger partial charge >= 0.3 is 0 Å². The van der Waals surface area contributed by atoms with E-state index in [1.54, 1.807) is 0 Å². The van der Waals surface area contributed by atoms with Crippen molar-refractivity contribution in [1.29, 1.82) is 0 Å². The zero-order valence-corrected chi connectivity index (χ0v) is 10.7. The van der Waals surface area contributed by atoms with Gasteiger partial charge in [-0.3, -0.25) is 0 Å². The smallest absolute Gasteiger partial charge is 0.126 e. The number of hydrogen-bond donors (Lipinski definition) is 1. The lowest BCUT2D eigenvalue weighted by Gasteiger charge is -2.09. The highest BCUT2D eigenvalue weighted by Gasteiger charge is 2.29. The number of nitrogens with zero attached hydrogens (tertiary/aromatic N) is 2. The Balaban J connectivity index is 2.28. The summed E-state index contributed by atoms with van der Waals surface area (Å²) in [6.07, 6.45) is 2.50. The van der Waals surface area contributed by atoms with E-state index in [4.69, 9.17) is 5.73 Å². The van der Waals surface area contributed by atoms with E-state index in [9.17, 15) is 0 Å². The molecule has 1 fully saturated rings. The summed E-state index contributed by atoms with van der Waals surface area (Å²) in [7, 11) is 0. The first-order valence-electron chi connectivity index (χ1n) is 5.60. The van der Waals surface area contributed by atoms with E-state index >= 15 is 0 Å². The zero-order chi connectivity index (χ0) is 11.3. The Bertz CT molecular complexity index is 540. The van der Waals surface area contributed by atoms with Crippen molar-refractivity contribution in [2.24, 2.45) is 5.73 Å². The number of imidazole rings is 1. The summed E-state index contributed by atoms with van der Waals surface area (Å²) >= 11 is 3.48. The number of fused-ring (bicyclic) bond motifs is 1. The van der Waals surface area contributed by atoms with Crippen molar-refractivity contribution in [3.05, 3.63) is 28.5 Å². The van der Waals surface area contributed by atoms with Gasteiger partial charge in [0, 0.05) is 10.5 Å². The second-order valence-corrected chi connectivity index (χ2v) is 5.41. The van der Waals surface area contributed by atoms with Gasteiger partial charge in [0.25, 0.3) is 0 Å². The Labute approximate surface area is 103 Å². The number of rotatable bonds is 2. The summed E-state index contributed by atoms with van der Waals surface area (Å²) in [6, 6.07) is 6.85. The lowest BCUT2D eigenvalue weighted by atomic mass is 10.3. The first kappa shape index (κ1) is 10.3. The van der Waals surface area contributed by atoms with Crippen LogP contribution in [0, 0.1) is 0 Å². The molecule has 0 saturated heterocycles. The number of nitrogens with two attached hydrogens (primary N) is 1. The minimum absolute atomic E-state index is 0.00762. The molecule has 84 valence electrons. The first-order valence-corrected chi connectivity index (χ1v) is 6.39. The maximum atomic E-state index is 5.99. The van der Waals surface area contributed by atoms with E-state index in [-0.39, 0.29) is 6.04 Å². The molecule has 1 heterocycles. The number of aromatic nitrogens is 2. The molecule has 0 aliphatic heterocycles. The quantitative estimate of drug-likeness (QED) is 0.918. The van der Waals surface area contributed by atoms with Crippen LogP contribution in [0.25, 0.3) is 11.0 Å². The molecule has 1 unspecified atom stereocenters. The predicted molar refractivity (Wildman–Crippen MR) is 68.3 cm³/mol. The van der Waals surface area contributed by atoms with Crippen molar-refractivity contribution in [2.45, 2.75) is 31.8 Å². The van der Waals surface area contributed by atoms with Crippen LogP contribution in [-0.2, 0) is 0 Å². The fraction of sp³-hybridized carbons (Fsp3) is 0.417. The highest BCUT2D eigenvalue weighted by molar-refractivity contribution is 9.10. The highest BCUT2D eigenvalue weighted by Crippen LogP contribution is 2.39. The van der Waals surface area contributed by atoms with E-state index < -0.39 is 0 Å². The number of halogens is 1. The average Bonchev–Trinajstić information content (AvgIpc) is 2.99. The van der Waals surface area contributed by atoms with Gasteiger partial charge in [0.1, 0.15) is 5.82 Å². The molecule has 1 atom stereocenters. The summed E-state index contributed by atoms with van der Waals surface area (Å²) in [4.78, 5) is 4.64. The molecule has 1 aliphatic carbocycles. The lowest BCUT2D eigenvalue weighted by molar-refractivity contribution is 0.639. The molecule has 3 nitrogen and oxygen atoms in total. The van der Waals surface area contributed by atoms with E-state index in [0.717, 1.165) is 15.8 Å². The van der Waals surface area contributed by atoms with Gasteiger partial charge in [0.2, 0.25) is 0 Å². The van der Waals surface area contributed by atoms with Crippen LogP contribution in [0.3, 0.4) is 0 Å². The van der Waals surface area contributed by atoms with Crippen molar-refractivity contribution < 1.29 is 0 Å². The van der Waals surface area contributed by atoms with Gasteiger partial charge in [-0.1, -0.05) is 15.9 Å². The van der Waals surface area contributed by atoms with Gasteiger partial charge in [-0.2, -0.15) is 0 Å². The largest absolute Gasteiger partial charge is 0.324 e. The van der Waals surface area contributed by atoms with E-state index in [0.29, 0.717) is 6.04 Å². The molecule has 0 radical (unpaired) electrons. The molecular formula is C12H14BrN3. The van der Waals surface area contributed by atoms with Crippen LogP contribution in [0.1, 0.15) is 37.7 Å².